The van der Waals surface area contributed by atoms with Gasteiger partial charge >= 0.3 is 0 Å². The molecule has 8 aliphatic rings. The predicted molar refractivity (Wildman–Crippen MR) is 86.7 cm³/mol. The number of carbonyl (C=O) groups is 2. The van der Waals surface area contributed by atoms with Crippen molar-refractivity contribution in [2.45, 2.75) is 52.4 Å². The van der Waals surface area contributed by atoms with Gasteiger partial charge in [0.1, 0.15) is 11.6 Å². The van der Waals surface area contributed by atoms with Gasteiger partial charge in [-0.2, -0.15) is 0 Å². The van der Waals surface area contributed by atoms with Crippen LogP contribution in [0.3, 0.4) is 0 Å². The monoisotopic (exact) mass is 322 g/mol. The minimum atomic E-state index is -0.119. The Morgan fingerprint density at radius 3 is 1.58 bits per heavy atom. The van der Waals surface area contributed by atoms with Crippen molar-refractivity contribution in [2.24, 2.45) is 69.0 Å². The van der Waals surface area contributed by atoms with Crippen LogP contribution in [0.4, 0.5) is 0 Å². The lowest BCUT2D eigenvalue weighted by Gasteiger charge is -2.53. The summed E-state index contributed by atoms with van der Waals surface area (Å²) in [6.45, 7) is 4.71. The standard InChI is InChI=1S/C22H26O2/c1-19-13-9-5-3-8-22(9,17(19)23)16-11(13)12-14-10-6-4-7-21(10,15(12)19)18(24)20(14,16)2/h9-16H,3-8H2,1-2H3/t9-,10-,11-,12+,13-,14+,15+,16-,19-,20-,21-,22+/m1/s1. The molecule has 2 nitrogen and oxygen atoms in total. The van der Waals surface area contributed by atoms with Crippen LogP contribution in [0.15, 0.2) is 0 Å². The molecule has 0 aromatic rings. The van der Waals surface area contributed by atoms with E-state index in [1.807, 2.05) is 0 Å². The normalized spacial score (nSPS) is 77.4. The SMILES string of the molecule is C[C@@]12C(=O)[C@]34CCC[C@@H]3[C@H]1[C@@H]1[C@@H]3[C@H]5[C@H]6CCC[C@@]6(C(=O)[C@@]5(C)[C@H]14)[C@H]32. The van der Waals surface area contributed by atoms with E-state index in [0.717, 1.165) is 24.7 Å². The van der Waals surface area contributed by atoms with E-state index in [9.17, 15) is 9.59 Å². The Morgan fingerprint density at radius 2 is 1.17 bits per heavy atom. The number of Topliss-reactive ketones (excluding diaryl/α,β-unsaturated/α-hetero) is 2. The van der Waals surface area contributed by atoms with E-state index < -0.39 is 0 Å². The molecule has 24 heavy (non-hydrogen) atoms. The number of rotatable bonds is 0. The Hall–Kier alpha value is -0.660. The highest BCUT2D eigenvalue weighted by Gasteiger charge is 2.98. The third-order valence-corrected chi connectivity index (χ3v) is 12.1. The third-order valence-electron chi connectivity index (χ3n) is 12.1. The molecule has 0 unspecified atom stereocenters. The Kier molecular flexibility index (Phi) is 1.52. The fourth-order valence-corrected chi connectivity index (χ4v) is 12.8. The average Bonchev–Trinajstić information content (AvgIpc) is 3.29. The number of hydrogen-bond acceptors (Lipinski definition) is 2. The van der Waals surface area contributed by atoms with Crippen LogP contribution in [0.25, 0.3) is 0 Å². The van der Waals surface area contributed by atoms with Gasteiger partial charge in [-0.05, 0) is 73.0 Å². The summed E-state index contributed by atoms with van der Waals surface area (Å²) in [4.78, 5) is 28.0. The molecule has 8 aliphatic carbocycles. The summed E-state index contributed by atoms with van der Waals surface area (Å²) in [7, 11) is 0. The third kappa shape index (κ3) is 0.687. The lowest BCUT2D eigenvalue weighted by atomic mass is 9.48. The molecule has 12 atom stereocenters. The molecule has 8 fully saturated rings. The van der Waals surface area contributed by atoms with Crippen molar-refractivity contribution in [3.05, 3.63) is 0 Å². The summed E-state index contributed by atoms with van der Waals surface area (Å²) < 4.78 is 0. The van der Waals surface area contributed by atoms with E-state index in [1.54, 1.807) is 0 Å². The molecule has 2 heteroatoms. The second-order valence-electron chi connectivity index (χ2n) is 11.5. The lowest BCUT2D eigenvalue weighted by Crippen LogP contribution is -2.59. The van der Waals surface area contributed by atoms with Crippen LogP contribution in [0.5, 0.6) is 0 Å². The zero-order valence-electron chi connectivity index (χ0n) is 14.7. The zero-order chi connectivity index (χ0) is 16.0. The summed E-state index contributed by atoms with van der Waals surface area (Å²) in [5.41, 5.74) is -0.357. The maximum absolute atomic E-state index is 14.0. The number of carbonyl (C=O) groups excluding carboxylic acids is 2. The van der Waals surface area contributed by atoms with Gasteiger partial charge in [-0.15, -0.1) is 0 Å². The van der Waals surface area contributed by atoms with Crippen LogP contribution in [0.2, 0.25) is 0 Å². The van der Waals surface area contributed by atoms with Gasteiger partial charge in [-0.1, -0.05) is 26.7 Å². The molecule has 0 N–H and O–H groups in total. The molecule has 0 aromatic heterocycles. The second kappa shape index (κ2) is 2.89. The first-order valence-electron chi connectivity index (χ1n) is 10.6. The van der Waals surface area contributed by atoms with Gasteiger partial charge in [-0.3, -0.25) is 9.59 Å². The maximum Gasteiger partial charge on any atom is 0.146 e. The summed E-state index contributed by atoms with van der Waals surface area (Å²) in [6, 6.07) is 0. The predicted octanol–water partition coefficient (Wildman–Crippen LogP) is 3.49. The van der Waals surface area contributed by atoms with E-state index >= 15 is 0 Å². The first-order chi connectivity index (χ1) is 11.5. The van der Waals surface area contributed by atoms with E-state index in [4.69, 9.17) is 0 Å². The molecule has 0 amide bonds. The van der Waals surface area contributed by atoms with Crippen LogP contribution in [0.1, 0.15) is 52.4 Å². The van der Waals surface area contributed by atoms with Gasteiger partial charge in [0.05, 0.1) is 0 Å². The minimum Gasteiger partial charge on any atom is -0.298 e. The highest BCUT2D eigenvalue weighted by atomic mass is 16.1. The van der Waals surface area contributed by atoms with Crippen molar-refractivity contribution in [3.8, 4) is 0 Å². The van der Waals surface area contributed by atoms with Crippen molar-refractivity contribution in [2.75, 3.05) is 0 Å². The van der Waals surface area contributed by atoms with E-state index in [1.165, 1.54) is 25.7 Å². The van der Waals surface area contributed by atoms with Gasteiger partial charge < -0.3 is 0 Å². The van der Waals surface area contributed by atoms with Crippen molar-refractivity contribution < 1.29 is 9.59 Å². The summed E-state index contributed by atoms with van der Waals surface area (Å²) >= 11 is 0. The van der Waals surface area contributed by atoms with Crippen LogP contribution in [-0.4, -0.2) is 11.6 Å². The van der Waals surface area contributed by atoms with E-state index in [-0.39, 0.29) is 21.7 Å². The molecule has 0 radical (unpaired) electrons. The maximum atomic E-state index is 14.0. The summed E-state index contributed by atoms with van der Waals surface area (Å²) in [5, 5.41) is 0. The molecule has 126 valence electrons. The van der Waals surface area contributed by atoms with Crippen molar-refractivity contribution in [3.63, 3.8) is 0 Å². The average molecular weight is 322 g/mol. The quantitative estimate of drug-likeness (QED) is 0.684. The van der Waals surface area contributed by atoms with Gasteiger partial charge in [0.2, 0.25) is 0 Å². The Labute approximate surface area is 143 Å². The Bertz CT molecular complexity index is 734. The van der Waals surface area contributed by atoms with Crippen LogP contribution >= 0.6 is 0 Å². The smallest absolute Gasteiger partial charge is 0.146 e. The van der Waals surface area contributed by atoms with Gasteiger partial charge in [-0.25, -0.2) is 0 Å². The first-order valence-corrected chi connectivity index (χ1v) is 10.6. The second-order valence-corrected chi connectivity index (χ2v) is 11.5. The molecule has 0 aliphatic heterocycles. The molecule has 4 bridgehead atoms. The Balaban J connectivity index is 1.55. The molecule has 8 rings (SSSR count). The minimum absolute atomic E-state index is 0.0590. The molecule has 0 heterocycles. The fraction of sp³-hybridized carbons (Fsp3) is 0.909. The summed E-state index contributed by atoms with van der Waals surface area (Å²) in [5.74, 6) is 6.32. The van der Waals surface area contributed by atoms with E-state index in [0.29, 0.717) is 47.1 Å². The van der Waals surface area contributed by atoms with E-state index in [2.05, 4.69) is 13.8 Å². The molecule has 8 saturated carbocycles. The van der Waals surface area contributed by atoms with Crippen LogP contribution in [0, 0.1) is 69.0 Å². The number of hydrogen-bond donors (Lipinski definition) is 0. The van der Waals surface area contributed by atoms with Gasteiger partial charge in [0.15, 0.2) is 0 Å². The van der Waals surface area contributed by atoms with Gasteiger partial charge in [0.25, 0.3) is 0 Å². The van der Waals surface area contributed by atoms with Crippen LogP contribution in [-0.2, 0) is 9.59 Å². The van der Waals surface area contributed by atoms with Gasteiger partial charge in [0, 0.05) is 21.7 Å². The van der Waals surface area contributed by atoms with Crippen molar-refractivity contribution in [1.29, 1.82) is 0 Å². The summed E-state index contributed by atoms with van der Waals surface area (Å²) in [6.07, 6.45) is 7.29. The topological polar surface area (TPSA) is 34.1 Å². The molecule has 0 aromatic carbocycles. The van der Waals surface area contributed by atoms with Crippen molar-refractivity contribution >= 4 is 11.6 Å². The largest absolute Gasteiger partial charge is 0.298 e. The number of ketones is 2. The van der Waals surface area contributed by atoms with Crippen LogP contribution < -0.4 is 0 Å². The Morgan fingerprint density at radius 1 is 0.750 bits per heavy atom. The molecule has 0 spiro atoms. The molecular weight excluding hydrogens is 296 g/mol. The highest BCUT2D eigenvalue weighted by molar-refractivity contribution is 6.05. The first kappa shape index (κ1) is 12.7. The highest BCUT2D eigenvalue weighted by Crippen LogP contribution is 2.97. The molecular formula is C22H26O2. The van der Waals surface area contributed by atoms with Crippen molar-refractivity contribution in [1.82, 2.24) is 0 Å². The molecule has 0 saturated heterocycles. The number of fused-ring (bicyclic) bond motifs is 2. The lowest BCUT2D eigenvalue weighted by molar-refractivity contribution is -0.163. The fourth-order valence-electron chi connectivity index (χ4n) is 12.8. The zero-order valence-corrected chi connectivity index (χ0v) is 14.7.